The molecule has 2 aromatic heterocycles. The third-order valence-electron chi connectivity index (χ3n) is 6.57. The van der Waals surface area contributed by atoms with Gasteiger partial charge in [0.15, 0.2) is 0 Å². The van der Waals surface area contributed by atoms with Crippen molar-refractivity contribution in [3.63, 3.8) is 0 Å². The number of morpholine rings is 1. The van der Waals surface area contributed by atoms with E-state index in [9.17, 15) is 4.79 Å². The number of aryl methyl sites for hydroxylation is 1. The van der Waals surface area contributed by atoms with Gasteiger partial charge in [-0.3, -0.25) is 4.79 Å². The van der Waals surface area contributed by atoms with E-state index in [1.165, 1.54) is 6.20 Å². The molecule has 2 fully saturated rings. The Kier molecular flexibility index (Phi) is 6.03. The second kappa shape index (κ2) is 9.24. The number of aromatic nitrogens is 4. The number of hydrogen-bond donors (Lipinski definition) is 0. The number of nitrogens with zero attached hydrogens (tertiary/aromatic N) is 5. The molecule has 3 aromatic rings. The Morgan fingerprint density at radius 1 is 1.06 bits per heavy atom. The SMILES string of the molecule is Cn1c(=O)cnc2cc(N3CCOCC3)cc(OC3CCC(Cc4ncccn4)CC3)c21. The summed E-state index contributed by atoms with van der Waals surface area (Å²) >= 11 is 0. The Morgan fingerprint density at radius 3 is 2.56 bits per heavy atom. The summed E-state index contributed by atoms with van der Waals surface area (Å²) in [4.78, 5) is 27.7. The predicted octanol–water partition coefficient (Wildman–Crippen LogP) is 2.74. The van der Waals surface area contributed by atoms with Crippen LogP contribution in [0.4, 0.5) is 5.69 Å². The first-order chi connectivity index (χ1) is 15.7. The Labute approximate surface area is 187 Å². The molecular formula is C24H29N5O3. The molecule has 2 aliphatic rings. The molecule has 0 N–H and O–H groups in total. The predicted molar refractivity (Wildman–Crippen MR) is 122 cm³/mol. The first-order valence-corrected chi connectivity index (χ1v) is 11.4. The summed E-state index contributed by atoms with van der Waals surface area (Å²) in [6, 6.07) is 5.97. The monoisotopic (exact) mass is 435 g/mol. The minimum atomic E-state index is -0.131. The summed E-state index contributed by atoms with van der Waals surface area (Å²) in [7, 11) is 1.78. The summed E-state index contributed by atoms with van der Waals surface area (Å²) in [5.41, 5.74) is 2.47. The van der Waals surface area contributed by atoms with Crippen LogP contribution in [0.2, 0.25) is 0 Å². The average Bonchev–Trinajstić information content (AvgIpc) is 2.84. The average molecular weight is 436 g/mol. The Balaban J connectivity index is 1.36. The molecule has 0 radical (unpaired) electrons. The minimum absolute atomic E-state index is 0.126. The van der Waals surface area contributed by atoms with Crippen molar-refractivity contribution < 1.29 is 9.47 Å². The quantitative estimate of drug-likeness (QED) is 0.609. The smallest absolute Gasteiger partial charge is 0.269 e. The number of anilines is 1. The lowest BCUT2D eigenvalue weighted by Crippen LogP contribution is -2.36. The highest BCUT2D eigenvalue weighted by molar-refractivity contribution is 5.85. The van der Waals surface area contributed by atoms with Crippen molar-refractivity contribution in [2.75, 3.05) is 31.2 Å². The molecule has 0 unspecified atom stereocenters. The second-order valence-electron chi connectivity index (χ2n) is 8.70. The van der Waals surface area contributed by atoms with Gasteiger partial charge in [0.2, 0.25) is 0 Å². The van der Waals surface area contributed by atoms with Crippen LogP contribution in [0, 0.1) is 5.92 Å². The third-order valence-corrected chi connectivity index (χ3v) is 6.57. The third kappa shape index (κ3) is 4.46. The molecule has 8 heteroatoms. The summed E-state index contributed by atoms with van der Waals surface area (Å²) < 4.78 is 13.7. The van der Waals surface area contributed by atoms with Crippen LogP contribution >= 0.6 is 0 Å². The summed E-state index contributed by atoms with van der Waals surface area (Å²) in [5.74, 6) is 2.24. The summed E-state index contributed by atoms with van der Waals surface area (Å²) in [5, 5.41) is 0. The Bertz CT molecular complexity index is 1120. The molecule has 0 spiro atoms. The van der Waals surface area contributed by atoms with Crippen LogP contribution in [-0.4, -0.2) is 51.9 Å². The largest absolute Gasteiger partial charge is 0.488 e. The standard InChI is InChI=1S/C24H29N5O3/c1-28-23(30)16-27-20-14-18(29-9-11-31-12-10-29)15-21(24(20)28)32-19-5-3-17(4-6-19)13-22-25-7-2-8-26-22/h2,7-8,14-17,19H,3-6,9-13H2,1H3. The van der Waals surface area contributed by atoms with E-state index in [2.05, 4.69) is 25.9 Å². The highest BCUT2D eigenvalue weighted by atomic mass is 16.5. The van der Waals surface area contributed by atoms with Gasteiger partial charge in [-0.1, -0.05) is 0 Å². The van der Waals surface area contributed by atoms with Crippen molar-refractivity contribution in [1.29, 1.82) is 0 Å². The topological polar surface area (TPSA) is 82.4 Å². The van der Waals surface area contributed by atoms with Crippen LogP contribution in [0.5, 0.6) is 5.75 Å². The van der Waals surface area contributed by atoms with Gasteiger partial charge < -0.3 is 18.9 Å². The Morgan fingerprint density at radius 2 is 1.81 bits per heavy atom. The van der Waals surface area contributed by atoms with E-state index in [4.69, 9.17) is 9.47 Å². The first-order valence-electron chi connectivity index (χ1n) is 11.4. The van der Waals surface area contributed by atoms with Crippen molar-refractivity contribution >= 4 is 16.7 Å². The van der Waals surface area contributed by atoms with E-state index >= 15 is 0 Å². The van der Waals surface area contributed by atoms with Crippen LogP contribution in [-0.2, 0) is 18.2 Å². The molecule has 1 saturated heterocycles. The normalized spacial score (nSPS) is 21.6. The van der Waals surface area contributed by atoms with Crippen LogP contribution in [0.1, 0.15) is 31.5 Å². The second-order valence-corrected chi connectivity index (χ2v) is 8.70. The van der Waals surface area contributed by atoms with Crippen molar-refractivity contribution in [2.24, 2.45) is 13.0 Å². The van der Waals surface area contributed by atoms with Crippen LogP contribution in [0.15, 0.2) is 41.6 Å². The molecule has 1 aromatic carbocycles. The maximum absolute atomic E-state index is 12.3. The minimum Gasteiger partial charge on any atom is -0.488 e. The fourth-order valence-corrected chi connectivity index (χ4v) is 4.76. The van der Waals surface area contributed by atoms with Gasteiger partial charge in [0.05, 0.1) is 31.0 Å². The highest BCUT2D eigenvalue weighted by Gasteiger charge is 2.25. The van der Waals surface area contributed by atoms with E-state index in [0.717, 1.165) is 73.5 Å². The molecule has 0 bridgehead atoms. The molecular weight excluding hydrogens is 406 g/mol. The molecule has 168 valence electrons. The van der Waals surface area contributed by atoms with Crippen molar-refractivity contribution in [2.45, 2.75) is 38.2 Å². The number of benzene rings is 1. The fraction of sp³-hybridized carbons (Fsp3) is 0.500. The maximum Gasteiger partial charge on any atom is 0.269 e. The van der Waals surface area contributed by atoms with E-state index in [-0.39, 0.29) is 11.7 Å². The zero-order chi connectivity index (χ0) is 21.9. The van der Waals surface area contributed by atoms with Gasteiger partial charge in [-0.2, -0.15) is 0 Å². The van der Waals surface area contributed by atoms with Crippen molar-refractivity contribution in [3.05, 3.63) is 53.0 Å². The first kappa shape index (κ1) is 20.9. The maximum atomic E-state index is 12.3. The van der Waals surface area contributed by atoms with E-state index in [0.29, 0.717) is 19.1 Å². The lowest BCUT2D eigenvalue weighted by molar-refractivity contribution is 0.122. The number of fused-ring (bicyclic) bond motifs is 1. The van der Waals surface area contributed by atoms with Crippen molar-refractivity contribution in [1.82, 2.24) is 19.5 Å². The molecule has 1 aliphatic heterocycles. The molecule has 5 rings (SSSR count). The Hall–Kier alpha value is -3.00. The van der Waals surface area contributed by atoms with Gasteiger partial charge >= 0.3 is 0 Å². The van der Waals surface area contributed by atoms with Gasteiger partial charge in [0.1, 0.15) is 17.1 Å². The van der Waals surface area contributed by atoms with Gasteiger partial charge in [0, 0.05) is 50.7 Å². The van der Waals surface area contributed by atoms with Crippen LogP contribution < -0.4 is 15.2 Å². The van der Waals surface area contributed by atoms with E-state index in [1.54, 1.807) is 11.6 Å². The van der Waals surface area contributed by atoms with Crippen molar-refractivity contribution in [3.8, 4) is 5.75 Å². The number of hydrogen-bond acceptors (Lipinski definition) is 7. The van der Waals surface area contributed by atoms with E-state index in [1.807, 2.05) is 24.5 Å². The molecule has 0 amide bonds. The lowest BCUT2D eigenvalue weighted by atomic mass is 9.85. The number of ether oxygens (including phenoxy) is 2. The van der Waals surface area contributed by atoms with E-state index < -0.39 is 0 Å². The summed E-state index contributed by atoms with van der Waals surface area (Å²) in [6.45, 7) is 3.10. The van der Waals surface area contributed by atoms with Gasteiger partial charge in [-0.15, -0.1) is 0 Å². The highest BCUT2D eigenvalue weighted by Crippen LogP contribution is 2.34. The molecule has 32 heavy (non-hydrogen) atoms. The molecule has 1 aliphatic carbocycles. The molecule has 1 saturated carbocycles. The lowest BCUT2D eigenvalue weighted by Gasteiger charge is -2.31. The zero-order valence-electron chi connectivity index (χ0n) is 18.4. The molecule has 8 nitrogen and oxygen atoms in total. The molecule has 0 atom stereocenters. The molecule has 3 heterocycles. The van der Waals surface area contributed by atoms with Gasteiger partial charge in [0.25, 0.3) is 5.56 Å². The van der Waals surface area contributed by atoms with Crippen LogP contribution in [0.25, 0.3) is 11.0 Å². The van der Waals surface area contributed by atoms with Gasteiger partial charge in [-0.25, -0.2) is 15.0 Å². The fourth-order valence-electron chi connectivity index (χ4n) is 4.76. The summed E-state index contributed by atoms with van der Waals surface area (Å²) in [6.07, 6.45) is 10.2. The number of rotatable bonds is 5. The zero-order valence-corrected chi connectivity index (χ0v) is 18.4. The van der Waals surface area contributed by atoms with Crippen LogP contribution in [0.3, 0.4) is 0 Å². The van der Waals surface area contributed by atoms with Gasteiger partial charge in [-0.05, 0) is 43.7 Å².